The van der Waals surface area contributed by atoms with Crippen molar-refractivity contribution in [2.45, 2.75) is 25.4 Å². The summed E-state index contributed by atoms with van der Waals surface area (Å²) < 4.78 is 11.0. The number of para-hydroxylation sites is 1. The van der Waals surface area contributed by atoms with Crippen molar-refractivity contribution in [2.24, 2.45) is 0 Å². The van der Waals surface area contributed by atoms with E-state index in [0.29, 0.717) is 17.0 Å². The molecule has 1 unspecified atom stereocenters. The molecule has 1 saturated heterocycles. The van der Waals surface area contributed by atoms with E-state index < -0.39 is 29.7 Å². The van der Waals surface area contributed by atoms with Crippen LogP contribution in [0.25, 0.3) is 33.6 Å². The Morgan fingerprint density at radius 3 is 2.76 bits per heavy atom. The Hall–Kier alpha value is -5.13. The van der Waals surface area contributed by atoms with Gasteiger partial charge in [-0.1, -0.05) is 35.5 Å². The molecule has 0 radical (unpaired) electrons. The molecule has 1 N–H and O–H groups in total. The third-order valence-corrected chi connectivity index (χ3v) is 6.50. The zero-order valence-electron chi connectivity index (χ0n) is 20.1. The molecule has 6 rings (SSSR count). The van der Waals surface area contributed by atoms with Crippen molar-refractivity contribution in [1.29, 1.82) is 0 Å². The molecule has 4 heterocycles. The first-order valence-corrected chi connectivity index (χ1v) is 11.8. The lowest BCUT2D eigenvalue weighted by Gasteiger charge is -2.29. The maximum atomic E-state index is 13.0. The van der Waals surface area contributed by atoms with Gasteiger partial charge in [-0.2, -0.15) is 4.98 Å². The number of imide groups is 2. The molecule has 4 amide bonds. The highest BCUT2D eigenvalue weighted by molar-refractivity contribution is 6.18. The molecule has 2 aromatic heterocycles. The minimum atomic E-state index is -1.03. The van der Waals surface area contributed by atoms with E-state index in [1.165, 1.54) is 11.3 Å². The van der Waals surface area contributed by atoms with Gasteiger partial charge in [-0.3, -0.25) is 29.4 Å². The number of rotatable bonds is 6. The molecule has 1 atom stereocenters. The van der Waals surface area contributed by atoms with Crippen LogP contribution in [0, 0.1) is 0 Å². The summed E-state index contributed by atoms with van der Waals surface area (Å²) >= 11 is 0. The first kappa shape index (κ1) is 23.3. The summed E-state index contributed by atoms with van der Waals surface area (Å²) in [5, 5.41) is 6.25. The van der Waals surface area contributed by atoms with E-state index in [4.69, 9.17) is 8.94 Å². The van der Waals surface area contributed by atoms with Crippen molar-refractivity contribution >= 4 is 34.7 Å². The van der Waals surface area contributed by atoms with Gasteiger partial charge in [-0.15, -0.1) is 0 Å². The maximum absolute atomic E-state index is 13.0. The molecule has 4 aromatic rings. The minimum absolute atomic E-state index is 0.0537. The Balaban J connectivity index is 1.18. The minimum Gasteiger partial charge on any atom is -0.443 e. The number of nitrogens with zero attached hydrogens (tertiary/aromatic N) is 5. The molecule has 12 nitrogen and oxygen atoms in total. The third-order valence-electron chi connectivity index (χ3n) is 6.50. The number of fused-ring (bicyclic) bond motifs is 1. The number of piperidine rings is 1. The van der Waals surface area contributed by atoms with Crippen LogP contribution in [0.4, 0.5) is 0 Å². The fraction of sp³-hybridized carbons (Fsp3) is 0.192. The number of aromatic nitrogens is 3. The molecular weight excluding hydrogens is 492 g/mol. The number of nitrogens with one attached hydrogen (secondary N) is 1. The molecule has 38 heavy (non-hydrogen) atoms. The molecule has 0 bridgehead atoms. The van der Waals surface area contributed by atoms with Crippen LogP contribution in [-0.2, 0) is 25.7 Å². The Labute approximate surface area is 214 Å². The number of benzene rings is 2. The summed E-state index contributed by atoms with van der Waals surface area (Å²) in [6, 6.07) is 12.3. The average Bonchev–Trinajstić information content (AvgIpc) is 3.64. The SMILES string of the molecule is CN(Cc1nc(-c2cccc(-c3cccc4ncoc34)c2)no1)C1=CC(=O)N(C2CCC(=O)NC2=O)C1=O. The van der Waals surface area contributed by atoms with Crippen LogP contribution in [-0.4, -0.2) is 61.6 Å². The van der Waals surface area contributed by atoms with Gasteiger partial charge in [0.15, 0.2) is 12.0 Å². The second-order valence-electron chi connectivity index (χ2n) is 8.96. The summed E-state index contributed by atoms with van der Waals surface area (Å²) in [4.78, 5) is 60.2. The number of hydrogen-bond donors (Lipinski definition) is 1. The largest absolute Gasteiger partial charge is 0.443 e. The smallest absolute Gasteiger partial charge is 0.277 e. The van der Waals surface area contributed by atoms with E-state index >= 15 is 0 Å². The number of likely N-dealkylation sites (N-methyl/N-ethyl adjacent to an activating group) is 1. The van der Waals surface area contributed by atoms with E-state index in [0.717, 1.165) is 27.6 Å². The van der Waals surface area contributed by atoms with Gasteiger partial charge >= 0.3 is 0 Å². The summed E-state index contributed by atoms with van der Waals surface area (Å²) in [5.74, 6) is -1.75. The van der Waals surface area contributed by atoms with E-state index in [1.807, 2.05) is 42.5 Å². The lowest BCUT2D eigenvalue weighted by molar-refractivity contribution is -0.150. The predicted molar refractivity (Wildman–Crippen MR) is 130 cm³/mol. The summed E-state index contributed by atoms with van der Waals surface area (Å²) in [5.41, 5.74) is 4.00. The lowest BCUT2D eigenvalue weighted by Crippen LogP contribution is -2.54. The van der Waals surface area contributed by atoms with Crippen molar-refractivity contribution < 1.29 is 28.1 Å². The van der Waals surface area contributed by atoms with Crippen molar-refractivity contribution in [3.05, 3.63) is 66.5 Å². The second kappa shape index (κ2) is 9.07. The molecule has 0 saturated carbocycles. The standard InChI is InChI=1S/C26H20N6O6/c1-31(19-11-22(34)32(26(19)36)18-8-9-20(33)28-25(18)35)12-21-29-24(30-38-21)15-5-2-4-14(10-15)16-6-3-7-17-23(16)37-13-27-17/h2-7,10-11,13,18H,8-9,12H2,1H3,(H,28,33,35). The monoisotopic (exact) mass is 512 g/mol. The normalized spacial score (nSPS) is 17.8. The summed E-state index contributed by atoms with van der Waals surface area (Å²) in [6.45, 7) is 0.0537. The van der Waals surface area contributed by atoms with Gasteiger partial charge in [0.2, 0.25) is 23.5 Å². The first-order chi connectivity index (χ1) is 18.4. The van der Waals surface area contributed by atoms with E-state index in [9.17, 15) is 19.2 Å². The number of oxazole rings is 1. The van der Waals surface area contributed by atoms with Gasteiger partial charge < -0.3 is 13.8 Å². The van der Waals surface area contributed by atoms with Crippen LogP contribution < -0.4 is 5.32 Å². The highest BCUT2D eigenvalue weighted by Crippen LogP contribution is 2.31. The van der Waals surface area contributed by atoms with Crippen molar-refractivity contribution in [1.82, 2.24) is 30.2 Å². The topological polar surface area (TPSA) is 152 Å². The van der Waals surface area contributed by atoms with Crippen molar-refractivity contribution in [2.75, 3.05) is 7.05 Å². The number of carbonyl (C=O) groups is 4. The van der Waals surface area contributed by atoms with Gasteiger partial charge in [-0.25, -0.2) is 4.98 Å². The van der Waals surface area contributed by atoms with Crippen LogP contribution in [0.5, 0.6) is 0 Å². The van der Waals surface area contributed by atoms with Crippen LogP contribution >= 0.6 is 0 Å². The highest BCUT2D eigenvalue weighted by atomic mass is 16.5. The maximum Gasteiger partial charge on any atom is 0.277 e. The lowest BCUT2D eigenvalue weighted by atomic mass is 10.0. The van der Waals surface area contributed by atoms with Gasteiger partial charge in [-0.05, 0) is 24.1 Å². The summed E-state index contributed by atoms with van der Waals surface area (Å²) in [6.07, 6.45) is 2.71. The fourth-order valence-electron chi connectivity index (χ4n) is 4.63. The van der Waals surface area contributed by atoms with Crippen LogP contribution in [0.3, 0.4) is 0 Å². The van der Waals surface area contributed by atoms with Gasteiger partial charge in [0.05, 0.1) is 6.54 Å². The van der Waals surface area contributed by atoms with Gasteiger partial charge in [0.25, 0.3) is 11.8 Å². The fourth-order valence-corrected chi connectivity index (χ4v) is 4.63. The average molecular weight is 512 g/mol. The molecule has 12 heteroatoms. The molecular formula is C26H20N6O6. The number of carbonyl (C=O) groups excluding carboxylic acids is 4. The zero-order chi connectivity index (χ0) is 26.4. The highest BCUT2D eigenvalue weighted by Gasteiger charge is 2.43. The Morgan fingerprint density at radius 1 is 1.11 bits per heavy atom. The first-order valence-electron chi connectivity index (χ1n) is 11.8. The molecule has 1 fully saturated rings. The number of amides is 4. The molecule has 0 spiro atoms. The van der Waals surface area contributed by atoms with Gasteiger partial charge in [0, 0.05) is 30.7 Å². The third kappa shape index (κ3) is 4.01. The van der Waals surface area contributed by atoms with Crippen molar-refractivity contribution in [3.8, 4) is 22.5 Å². The quantitative estimate of drug-likeness (QED) is 0.380. The number of hydrogen-bond acceptors (Lipinski definition) is 10. The Morgan fingerprint density at radius 2 is 1.92 bits per heavy atom. The molecule has 2 aromatic carbocycles. The van der Waals surface area contributed by atoms with Crippen LogP contribution in [0.1, 0.15) is 18.7 Å². The van der Waals surface area contributed by atoms with E-state index in [2.05, 4.69) is 20.4 Å². The predicted octanol–water partition coefficient (Wildman–Crippen LogP) is 2.03. The zero-order valence-corrected chi connectivity index (χ0v) is 20.1. The second-order valence-corrected chi connectivity index (χ2v) is 8.96. The van der Waals surface area contributed by atoms with Gasteiger partial charge in [0.1, 0.15) is 17.3 Å². The molecule has 190 valence electrons. The summed E-state index contributed by atoms with van der Waals surface area (Å²) in [7, 11) is 1.60. The van der Waals surface area contributed by atoms with Crippen LogP contribution in [0.2, 0.25) is 0 Å². The Bertz CT molecular complexity index is 1650. The van der Waals surface area contributed by atoms with E-state index in [-0.39, 0.29) is 31.0 Å². The Kier molecular flexibility index (Phi) is 5.56. The molecule has 0 aliphatic carbocycles. The van der Waals surface area contributed by atoms with Crippen molar-refractivity contribution in [3.63, 3.8) is 0 Å². The molecule has 2 aliphatic heterocycles. The molecule has 2 aliphatic rings. The van der Waals surface area contributed by atoms with E-state index in [1.54, 1.807) is 7.05 Å². The van der Waals surface area contributed by atoms with Crippen LogP contribution in [0.15, 0.2) is 69.6 Å².